The second kappa shape index (κ2) is 5.75. The van der Waals surface area contributed by atoms with Gasteiger partial charge < -0.3 is 15.2 Å². The zero-order valence-corrected chi connectivity index (χ0v) is 8.90. The van der Waals surface area contributed by atoms with Gasteiger partial charge in [-0.05, 0) is 24.6 Å². The van der Waals surface area contributed by atoms with Crippen LogP contribution in [-0.4, -0.2) is 23.7 Å². The normalized spacial score (nSPS) is 9.56. The molecule has 0 bridgehead atoms. The van der Waals surface area contributed by atoms with Crippen LogP contribution in [0.4, 0.5) is 4.79 Å². The van der Waals surface area contributed by atoms with Gasteiger partial charge in [-0.1, -0.05) is 13.0 Å². The van der Waals surface area contributed by atoms with Crippen molar-refractivity contribution >= 4 is 12.1 Å². The lowest BCUT2D eigenvalue weighted by atomic mass is 10.2. The van der Waals surface area contributed by atoms with Crippen LogP contribution in [0, 0.1) is 0 Å². The lowest BCUT2D eigenvalue weighted by Gasteiger charge is -2.05. The molecule has 0 radical (unpaired) electrons. The van der Waals surface area contributed by atoms with Crippen molar-refractivity contribution in [3.05, 3.63) is 29.8 Å². The van der Waals surface area contributed by atoms with E-state index in [1.54, 1.807) is 0 Å². The summed E-state index contributed by atoms with van der Waals surface area (Å²) in [5.41, 5.74) is 0.0841. The molecule has 0 saturated carbocycles. The molecule has 0 aliphatic rings. The minimum Gasteiger partial charge on any atom is -0.478 e. The maximum Gasteiger partial charge on any atom is 0.412 e. The summed E-state index contributed by atoms with van der Waals surface area (Å²) in [5.74, 6) is -0.840. The Bertz CT molecular complexity index is 389. The zero-order chi connectivity index (χ0) is 12.0. The van der Waals surface area contributed by atoms with Crippen LogP contribution in [0.15, 0.2) is 24.3 Å². The Kier molecular flexibility index (Phi) is 4.32. The molecule has 16 heavy (non-hydrogen) atoms. The Morgan fingerprint density at radius 1 is 1.44 bits per heavy atom. The monoisotopic (exact) mass is 223 g/mol. The van der Waals surface area contributed by atoms with Gasteiger partial charge in [0.15, 0.2) is 0 Å². The van der Waals surface area contributed by atoms with E-state index in [2.05, 4.69) is 5.32 Å². The van der Waals surface area contributed by atoms with Crippen LogP contribution >= 0.6 is 0 Å². The summed E-state index contributed by atoms with van der Waals surface area (Å²) >= 11 is 0. The number of carbonyl (C=O) groups is 2. The molecule has 0 atom stereocenters. The van der Waals surface area contributed by atoms with Crippen LogP contribution in [0.5, 0.6) is 5.75 Å². The van der Waals surface area contributed by atoms with Crippen molar-refractivity contribution < 1.29 is 19.4 Å². The largest absolute Gasteiger partial charge is 0.478 e. The zero-order valence-electron chi connectivity index (χ0n) is 8.90. The summed E-state index contributed by atoms with van der Waals surface area (Å²) in [6.07, 6.45) is 0.231. The molecule has 0 saturated heterocycles. The number of hydrogen-bond donors (Lipinski definition) is 2. The molecule has 0 aliphatic carbocycles. The molecule has 1 amide bonds. The van der Waals surface area contributed by atoms with Crippen LogP contribution in [0.3, 0.4) is 0 Å². The van der Waals surface area contributed by atoms with Crippen molar-refractivity contribution in [3.63, 3.8) is 0 Å². The van der Waals surface area contributed by atoms with Crippen molar-refractivity contribution in [2.24, 2.45) is 0 Å². The van der Waals surface area contributed by atoms with Gasteiger partial charge in [0.2, 0.25) is 0 Å². The Hall–Kier alpha value is -2.04. The van der Waals surface area contributed by atoms with Gasteiger partial charge in [-0.25, -0.2) is 9.59 Å². The fraction of sp³-hybridized carbons (Fsp3) is 0.273. The third-order valence-electron chi connectivity index (χ3n) is 1.81. The number of carbonyl (C=O) groups excluding carboxylic acids is 1. The lowest BCUT2D eigenvalue weighted by Crippen LogP contribution is -2.27. The number of rotatable bonds is 4. The van der Waals surface area contributed by atoms with Gasteiger partial charge in [0.1, 0.15) is 5.75 Å². The van der Waals surface area contributed by atoms with Gasteiger partial charge in [-0.2, -0.15) is 0 Å². The fourth-order valence-corrected chi connectivity index (χ4v) is 1.06. The second-order valence-corrected chi connectivity index (χ2v) is 3.15. The predicted molar refractivity (Wildman–Crippen MR) is 57.7 cm³/mol. The minimum absolute atomic E-state index is 0.0841. The van der Waals surface area contributed by atoms with E-state index in [0.717, 1.165) is 6.42 Å². The Morgan fingerprint density at radius 3 is 2.81 bits per heavy atom. The predicted octanol–water partition coefficient (Wildman–Crippen LogP) is 1.88. The Balaban J connectivity index is 2.63. The third-order valence-corrected chi connectivity index (χ3v) is 1.81. The molecule has 2 N–H and O–H groups in total. The van der Waals surface area contributed by atoms with E-state index >= 15 is 0 Å². The van der Waals surface area contributed by atoms with Gasteiger partial charge in [-0.3, -0.25) is 0 Å². The topological polar surface area (TPSA) is 75.6 Å². The molecule has 0 aliphatic heterocycles. The SMILES string of the molecule is CCCNC(=O)Oc1cccc(C(=O)O)c1. The Morgan fingerprint density at radius 2 is 2.19 bits per heavy atom. The number of nitrogens with one attached hydrogen (secondary N) is 1. The molecular formula is C11H13NO4. The van der Waals surface area contributed by atoms with Crippen molar-refractivity contribution in [2.75, 3.05) is 6.54 Å². The van der Waals surface area contributed by atoms with Gasteiger partial charge >= 0.3 is 12.1 Å². The van der Waals surface area contributed by atoms with E-state index in [1.165, 1.54) is 24.3 Å². The molecule has 0 aromatic heterocycles. The van der Waals surface area contributed by atoms with Crippen LogP contribution in [0.2, 0.25) is 0 Å². The average molecular weight is 223 g/mol. The maximum atomic E-state index is 11.2. The van der Waals surface area contributed by atoms with E-state index < -0.39 is 12.1 Å². The molecule has 0 unspecified atom stereocenters. The van der Waals surface area contributed by atoms with Crippen LogP contribution in [0.25, 0.3) is 0 Å². The summed E-state index contributed by atoms with van der Waals surface area (Å²) in [6.45, 7) is 2.45. The first-order valence-electron chi connectivity index (χ1n) is 4.92. The summed E-state index contributed by atoms with van der Waals surface area (Å²) in [7, 11) is 0. The lowest BCUT2D eigenvalue weighted by molar-refractivity contribution is 0.0696. The van der Waals surface area contributed by atoms with E-state index in [0.29, 0.717) is 6.54 Å². The highest BCUT2D eigenvalue weighted by Crippen LogP contribution is 2.13. The van der Waals surface area contributed by atoms with Gasteiger partial charge in [-0.15, -0.1) is 0 Å². The highest BCUT2D eigenvalue weighted by molar-refractivity contribution is 5.88. The van der Waals surface area contributed by atoms with Gasteiger partial charge in [0, 0.05) is 6.54 Å². The minimum atomic E-state index is -1.06. The summed E-state index contributed by atoms with van der Waals surface area (Å²) in [5, 5.41) is 11.2. The molecule has 0 heterocycles. The number of aromatic carboxylic acids is 1. The van der Waals surface area contributed by atoms with E-state index in [1.807, 2.05) is 6.92 Å². The number of carboxylic acid groups (broad SMARTS) is 1. The quantitative estimate of drug-likeness (QED) is 0.817. The Labute approximate surface area is 93.0 Å². The maximum absolute atomic E-state index is 11.2. The summed E-state index contributed by atoms with van der Waals surface area (Å²) in [4.78, 5) is 21.8. The van der Waals surface area contributed by atoms with Crippen LogP contribution in [0.1, 0.15) is 23.7 Å². The first-order valence-corrected chi connectivity index (χ1v) is 4.92. The number of benzene rings is 1. The molecule has 1 aromatic carbocycles. The summed E-state index contributed by atoms with van der Waals surface area (Å²) < 4.78 is 4.89. The molecule has 1 aromatic rings. The first-order chi connectivity index (χ1) is 7.63. The van der Waals surface area contributed by atoms with E-state index in [4.69, 9.17) is 9.84 Å². The van der Waals surface area contributed by atoms with Crippen molar-refractivity contribution in [2.45, 2.75) is 13.3 Å². The van der Waals surface area contributed by atoms with Gasteiger partial charge in [0.25, 0.3) is 0 Å². The summed E-state index contributed by atoms with van der Waals surface area (Å²) in [6, 6.07) is 5.77. The fourth-order valence-electron chi connectivity index (χ4n) is 1.06. The highest BCUT2D eigenvalue weighted by atomic mass is 16.6. The number of carboxylic acids is 1. The molecule has 5 nitrogen and oxygen atoms in total. The standard InChI is InChI=1S/C11H13NO4/c1-2-6-12-11(15)16-9-5-3-4-8(7-9)10(13)14/h3-5,7H,2,6H2,1H3,(H,12,15)(H,13,14). The molecule has 86 valence electrons. The number of amides is 1. The average Bonchev–Trinajstić information content (AvgIpc) is 2.26. The van der Waals surface area contributed by atoms with E-state index in [9.17, 15) is 9.59 Å². The third kappa shape index (κ3) is 3.61. The first kappa shape index (κ1) is 12.0. The molecule has 1 rings (SSSR count). The van der Waals surface area contributed by atoms with E-state index in [-0.39, 0.29) is 11.3 Å². The second-order valence-electron chi connectivity index (χ2n) is 3.15. The molecule has 0 spiro atoms. The van der Waals surface area contributed by atoms with Crippen molar-refractivity contribution in [1.82, 2.24) is 5.32 Å². The highest BCUT2D eigenvalue weighted by Gasteiger charge is 2.06. The van der Waals surface area contributed by atoms with Crippen LogP contribution in [-0.2, 0) is 0 Å². The van der Waals surface area contributed by atoms with Gasteiger partial charge in [0.05, 0.1) is 5.56 Å². The van der Waals surface area contributed by atoms with Crippen molar-refractivity contribution in [1.29, 1.82) is 0 Å². The smallest absolute Gasteiger partial charge is 0.412 e. The number of ether oxygens (including phenoxy) is 1. The molecular weight excluding hydrogens is 210 g/mol. The van der Waals surface area contributed by atoms with Crippen LogP contribution < -0.4 is 10.1 Å². The molecule has 0 fully saturated rings. The molecule has 5 heteroatoms. The van der Waals surface area contributed by atoms with Crippen molar-refractivity contribution in [3.8, 4) is 5.75 Å². The number of hydrogen-bond acceptors (Lipinski definition) is 3.